The van der Waals surface area contributed by atoms with Crippen molar-refractivity contribution in [1.82, 2.24) is 0 Å². The van der Waals surface area contributed by atoms with Crippen molar-refractivity contribution in [1.29, 1.82) is 0 Å². The van der Waals surface area contributed by atoms with Crippen LogP contribution in [0.4, 0.5) is 0 Å². The topological polar surface area (TPSA) is 18.5 Å². The SMILES string of the molecule is COCOc1ccc2ccccc2c1-c1ccccc1-c1ccc(Pc2ccccc2)cc1. The fourth-order valence-electron chi connectivity index (χ4n) is 4.15. The Kier molecular flexibility index (Phi) is 6.48. The second-order valence-corrected chi connectivity index (χ2v) is 9.23. The zero-order chi connectivity index (χ0) is 22.5. The summed E-state index contributed by atoms with van der Waals surface area (Å²) in [7, 11) is 2.30. The maximum atomic E-state index is 6.00. The molecule has 0 fully saturated rings. The highest BCUT2D eigenvalue weighted by molar-refractivity contribution is 7.55. The van der Waals surface area contributed by atoms with Crippen LogP contribution in [0.2, 0.25) is 0 Å². The van der Waals surface area contributed by atoms with Crippen molar-refractivity contribution in [3.8, 4) is 28.0 Å². The van der Waals surface area contributed by atoms with Crippen LogP contribution in [0.1, 0.15) is 0 Å². The van der Waals surface area contributed by atoms with Crippen molar-refractivity contribution in [2.75, 3.05) is 13.9 Å². The van der Waals surface area contributed by atoms with Gasteiger partial charge in [0.25, 0.3) is 0 Å². The maximum absolute atomic E-state index is 6.00. The number of benzene rings is 5. The molecule has 5 aromatic rings. The van der Waals surface area contributed by atoms with Gasteiger partial charge in [0, 0.05) is 12.7 Å². The molecular formula is C30H25O2P. The molecule has 0 heterocycles. The molecule has 5 aromatic carbocycles. The Morgan fingerprint density at radius 2 is 1.27 bits per heavy atom. The summed E-state index contributed by atoms with van der Waals surface area (Å²) < 4.78 is 11.2. The Morgan fingerprint density at radius 3 is 2.06 bits per heavy atom. The van der Waals surface area contributed by atoms with E-state index in [0.717, 1.165) is 16.9 Å². The molecule has 1 unspecified atom stereocenters. The zero-order valence-electron chi connectivity index (χ0n) is 18.5. The van der Waals surface area contributed by atoms with Crippen LogP contribution in [-0.4, -0.2) is 13.9 Å². The number of methoxy groups -OCH3 is 1. The summed E-state index contributed by atoms with van der Waals surface area (Å²) in [6.45, 7) is 0.211. The summed E-state index contributed by atoms with van der Waals surface area (Å²) in [5.74, 6) is 0.824. The van der Waals surface area contributed by atoms with E-state index in [1.165, 1.54) is 32.5 Å². The summed E-state index contributed by atoms with van der Waals surface area (Å²) in [4.78, 5) is 0. The molecule has 0 aliphatic carbocycles. The number of ether oxygens (including phenoxy) is 2. The van der Waals surface area contributed by atoms with E-state index in [2.05, 4.69) is 109 Å². The quantitative estimate of drug-likeness (QED) is 0.202. The molecule has 0 saturated heterocycles. The highest BCUT2D eigenvalue weighted by Gasteiger charge is 2.15. The third kappa shape index (κ3) is 4.68. The van der Waals surface area contributed by atoms with Crippen LogP contribution in [0.15, 0.2) is 115 Å². The van der Waals surface area contributed by atoms with Crippen LogP contribution >= 0.6 is 8.58 Å². The molecular weight excluding hydrogens is 423 g/mol. The summed E-state index contributed by atoms with van der Waals surface area (Å²) >= 11 is 0. The third-order valence-corrected chi connectivity index (χ3v) is 6.92. The van der Waals surface area contributed by atoms with Gasteiger partial charge >= 0.3 is 0 Å². The average Bonchev–Trinajstić information content (AvgIpc) is 2.88. The van der Waals surface area contributed by atoms with E-state index >= 15 is 0 Å². The lowest BCUT2D eigenvalue weighted by Gasteiger charge is -2.17. The lowest BCUT2D eigenvalue weighted by atomic mass is 9.91. The Bertz CT molecular complexity index is 1360. The molecule has 5 rings (SSSR count). The van der Waals surface area contributed by atoms with Crippen molar-refractivity contribution in [2.45, 2.75) is 0 Å². The van der Waals surface area contributed by atoms with Crippen molar-refractivity contribution < 1.29 is 9.47 Å². The van der Waals surface area contributed by atoms with E-state index in [0.29, 0.717) is 8.58 Å². The summed E-state index contributed by atoms with van der Waals surface area (Å²) in [6.07, 6.45) is 0. The molecule has 0 radical (unpaired) electrons. The van der Waals surface area contributed by atoms with E-state index in [-0.39, 0.29) is 6.79 Å². The first kappa shape index (κ1) is 21.4. The molecule has 0 amide bonds. The fourth-order valence-corrected chi connectivity index (χ4v) is 5.17. The molecule has 0 N–H and O–H groups in total. The Labute approximate surface area is 196 Å². The highest BCUT2D eigenvalue weighted by Crippen LogP contribution is 2.41. The van der Waals surface area contributed by atoms with Gasteiger partial charge in [-0.05, 0) is 44.1 Å². The van der Waals surface area contributed by atoms with E-state index < -0.39 is 0 Å². The molecule has 0 aliphatic rings. The smallest absolute Gasteiger partial charge is 0.188 e. The monoisotopic (exact) mass is 448 g/mol. The predicted molar refractivity (Wildman–Crippen MR) is 141 cm³/mol. The van der Waals surface area contributed by atoms with Crippen molar-refractivity contribution in [3.63, 3.8) is 0 Å². The first-order valence-corrected chi connectivity index (χ1v) is 12.0. The second-order valence-electron chi connectivity index (χ2n) is 7.82. The zero-order valence-corrected chi connectivity index (χ0v) is 19.5. The molecule has 2 nitrogen and oxygen atoms in total. The van der Waals surface area contributed by atoms with E-state index in [1.54, 1.807) is 7.11 Å². The van der Waals surface area contributed by atoms with E-state index in [4.69, 9.17) is 9.47 Å². The minimum absolute atomic E-state index is 0.211. The van der Waals surface area contributed by atoms with Gasteiger partial charge in [-0.25, -0.2) is 0 Å². The van der Waals surface area contributed by atoms with Crippen LogP contribution < -0.4 is 15.3 Å². The maximum Gasteiger partial charge on any atom is 0.188 e. The van der Waals surface area contributed by atoms with Gasteiger partial charge in [-0.1, -0.05) is 118 Å². The van der Waals surface area contributed by atoms with E-state index in [9.17, 15) is 0 Å². The highest BCUT2D eigenvalue weighted by atomic mass is 31.1. The molecule has 0 bridgehead atoms. The van der Waals surface area contributed by atoms with Crippen molar-refractivity contribution in [3.05, 3.63) is 115 Å². The predicted octanol–water partition coefficient (Wildman–Crippen LogP) is 6.79. The molecule has 3 heteroatoms. The van der Waals surface area contributed by atoms with Gasteiger partial charge in [0.1, 0.15) is 5.75 Å². The van der Waals surface area contributed by atoms with Gasteiger partial charge in [-0.15, -0.1) is 0 Å². The molecule has 162 valence electrons. The first-order valence-electron chi connectivity index (χ1n) is 11.0. The largest absolute Gasteiger partial charge is 0.467 e. The van der Waals surface area contributed by atoms with Crippen LogP contribution in [0, 0.1) is 0 Å². The van der Waals surface area contributed by atoms with Crippen LogP contribution in [0.3, 0.4) is 0 Å². The van der Waals surface area contributed by atoms with Crippen LogP contribution in [0.5, 0.6) is 5.75 Å². The average molecular weight is 449 g/mol. The Balaban J connectivity index is 1.58. The normalized spacial score (nSPS) is 11.3. The minimum atomic E-state index is 0.211. The Morgan fingerprint density at radius 1 is 0.606 bits per heavy atom. The number of hydrogen-bond donors (Lipinski definition) is 0. The van der Waals surface area contributed by atoms with Gasteiger partial charge in [0.15, 0.2) is 6.79 Å². The van der Waals surface area contributed by atoms with Gasteiger partial charge in [0.2, 0.25) is 0 Å². The summed E-state index contributed by atoms with van der Waals surface area (Å²) in [5, 5.41) is 5.03. The van der Waals surface area contributed by atoms with Gasteiger partial charge in [-0.2, -0.15) is 0 Å². The lowest BCUT2D eigenvalue weighted by molar-refractivity contribution is 0.0516. The minimum Gasteiger partial charge on any atom is -0.467 e. The van der Waals surface area contributed by atoms with Crippen LogP contribution in [-0.2, 0) is 4.74 Å². The fraction of sp³-hybridized carbons (Fsp3) is 0.0667. The Hall–Kier alpha value is -3.45. The molecule has 0 saturated carbocycles. The standard InChI is InChI=1S/C30H25O2P/c1-31-21-32-29-20-17-22-9-5-6-13-27(22)30(29)28-14-8-7-12-26(28)23-15-18-25(19-16-23)33-24-10-3-2-4-11-24/h2-20,33H,21H2,1H3. The van der Waals surface area contributed by atoms with Gasteiger partial charge in [0.05, 0.1) is 0 Å². The van der Waals surface area contributed by atoms with Crippen molar-refractivity contribution >= 4 is 30.0 Å². The summed E-state index contributed by atoms with van der Waals surface area (Å²) in [6, 6.07) is 40.7. The molecule has 0 aliphatic heterocycles. The number of fused-ring (bicyclic) bond motifs is 1. The molecule has 33 heavy (non-hydrogen) atoms. The van der Waals surface area contributed by atoms with Crippen LogP contribution in [0.25, 0.3) is 33.0 Å². The second kappa shape index (κ2) is 10.0. The van der Waals surface area contributed by atoms with E-state index in [1.807, 2.05) is 6.07 Å². The first-order chi connectivity index (χ1) is 16.3. The van der Waals surface area contributed by atoms with Crippen molar-refractivity contribution in [2.24, 2.45) is 0 Å². The molecule has 0 spiro atoms. The van der Waals surface area contributed by atoms with Gasteiger partial charge < -0.3 is 9.47 Å². The van der Waals surface area contributed by atoms with Gasteiger partial charge in [-0.3, -0.25) is 0 Å². The third-order valence-electron chi connectivity index (χ3n) is 5.68. The number of rotatable bonds is 7. The molecule has 0 aromatic heterocycles. The lowest BCUT2D eigenvalue weighted by Crippen LogP contribution is -2.02. The summed E-state index contributed by atoms with van der Waals surface area (Å²) in [5.41, 5.74) is 4.62. The number of hydrogen-bond acceptors (Lipinski definition) is 2. The molecule has 1 atom stereocenters.